The molecule has 164 valence electrons. The van der Waals surface area contributed by atoms with Crippen LogP contribution in [-0.4, -0.2) is 50.1 Å². The van der Waals surface area contributed by atoms with E-state index in [1.165, 1.54) is 12.4 Å². The van der Waals surface area contributed by atoms with Gasteiger partial charge < -0.3 is 20.4 Å². The molecule has 0 aliphatic carbocycles. The van der Waals surface area contributed by atoms with Crippen molar-refractivity contribution in [3.8, 4) is 0 Å². The molecule has 2 atom stereocenters. The number of allylic oxidation sites excluding steroid dienone is 2. The molecule has 0 radical (unpaired) electrons. The number of aliphatic carboxylic acids is 1. The van der Waals surface area contributed by atoms with Crippen LogP contribution in [0.25, 0.3) is 0 Å². The number of rotatable bonds is 17. The van der Waals surface area contributed by atoms with Crippen molar-refractivity contribution in [2.24, 2.45) is 0 Å². The SMILES string of the molecule is CCCCCC/C(O)=C/[N+](/C=C(/O)CCCCCC)(CCO)C(CC)C(=O)O. The summed E-state index contributed by atoms with van der Waals surface area (Å²) in [5.41, 5.74) is 0. The minimum absolute atomic E-state index is 0.0862. The Hall–Kier alpha value is -1.53. The second-order valence-electron chi connectivity index (χ2n) is 7.57. The Balaban J connectivity index is 5.66. The van der Waals surface area contributed by atoms with Crippen LogP contribution in [0, 0.1) is 0 Å². The molecule has 0 aromatic rings. The summed E-state index contributed by atoms with van der Waals surface area (Å²) < 4.78 is -0.276. The number of nitrogens with zero attached hydrogens (tertiary/aromatic N) is 1. The van der Waals surface area contributed by atoms with E-state index in [2.05, 4.69) is 13.8 Å². The monoisotopic (exact) mass is 400 g/mol. The van der Waals surface area contributed by atoms with E-state index in [0.29, 0.717) is 19.3 Å². The Bertz CT molecular complexity index is 459. The van der Waals surface area contributed by atoms with Gasteiger partial charge in [-0.2, -0.15) is 0 Å². The Morgan fingerprint density at radius 1 is 0.821 bits per heavy atom. The fraction of sp³-hybridized carbons (Fsp3) is 0.773. The normalized spacial score (nSPS) is 16.0. The highest BCUT2D eigenvalue weighted by molar-refractivity contribution is 5.72. The Labute approximate surface area is 170 Å². The van der Waals surface area contributed by atoms with Crippen molar-refractivity contribution in [1.82, 2.24) is 0 Å². The number of hydrogen-bond acceptors (Lipinski definition) is 4. The Kier molecular flexibility index (Phi) is 14.6. The minimum atomic E-state index is -1.01. The lowest BCUT2D eigenvalue weighted by atomic mass is 10.1. The second kappa shape index (κ2) is 15.4. The van der Waals surface area contributed by atoms with Gasteiger partial charge in [-0.25, -0.2) is 4.79 Å². The van der Waals surface area contributed by atoms with Crippen LogP contribution in [0.4, 0.5) is 0 Å². The average molecular weight is 401 g/mol. The van der Waals surface area contributed by atoms with Crippen LogP contribution >= 0.6 is 0 Å². The van der Waals surface area contributed by atoms with E-state index in [0.717, 1.165) is 51.4 Å². The lowest BCUT2D eigenvalue weighted by Gasteiger charge is -2.35. The Morgan fingerprint density at radius 2 is 1.29 bits per heavy atom. The van der Waals surface area contributed by atoms with Crippen molar-refractivity contribution in [1.29, 1.82) is 0 Å². The van der Waals surface area contributed by atoms with Crippen LogP contribution in [0.1, 0.15) is 91.4 Å². The molecule has 4 N–H and O–H groups in total. The van der Waals surface area contributed by atoms with Gasteiger partial charge in [0.15, 0.2) is 6.04 Å². The van der Waals surface area contributed by atoms with Crippen LogP contribution < -0.4 is 0 Å². The number of aliphatic hydroxyl groups is 3. The zero-order valence-electron chi connectivity index (χ0n) is 18.1. The van der Waals surface area contributed by atoms with Crippen LogP contribution in [0.2, 0.25) is 0 Å². The molecular formula is C22H42NO5+. The highest BCUT2D eigenvalue weighted by Gasteiger charge is 2.39. The van der Waals surface area contributed by atoms with E-state index in [1.807, 2.05) is 0 Å². The first kappa shape index (κ1) is 26.5. The predicted molar refractivity (Wildman–Crippen MR) is 113 cm³/mol. The van der Waals surface area contributed by atoms with E-state index in [9.17, 15) is 25.2 Å². The lowest BCUT2D eigenvalue weighted by molar-refractivity contribution is -0.848. The van der Waals surface area contributed by atoms with Gasteiger partial charge >= 0.3 is 5.97 Å². The first-order chi connectivity index (χ1) is 13.4. The fourth-order valence-corrected chi connectivity index (χ4v) is 3.55. The fourth-order valence-electron chi connectivity index (χ4n) is 3.55. The standard InChI is InChI=1S/C22H41NO5/c1-4-7-9-11-13-19(25)17-23(15-16-24,21(6-3)22(27)28)18-20(26)14-12-10-8-5-2/h17-18,21,24H,4-16H2,1-3H3,(H2-,25,26,27,28)/p+1/b19-17-,20-18+. The Morgan fingerprint density at radius 3 is 1.61 bits per heavy atom. The zero-order valence-corrected chi connectivity index (χ0v) is 18.1. The molecule has 0 saturated carbocycles. The van der Waals surface area contributed by atoms with Crippen molar-refractivity contribution in [3.05, 3.63) is 23.9 Å². The van der Waals surface area contributed by atoms with Crippen LogP contribution in [0.5, 0.6) is 0 Å². The third-order valence-electron chi connectivity index (χ3n) is 5.09. The van der Waals surface area contributed by atoms with Crippen molar-refractivity contribution in [2.45, 2.75) is 97.4 Å². The molecule has 0 bridgehead atoms. The van der Waals surface area contributed by atoms with Gasteiger partial charge in [-0.1, -0.05) is 59.3 Å². The number of carbonyl (C=O) groups is 1. The number of aliphatic hydroxyl groups excluding tert-OH is 3. The summed E-state index contributed by atoms with van der Waals surface area (Å²) in [6.07, 6.45) is 12.3. The van der Waals surface area contributed by atoms with Gasteiger partial charge in [0.25, 0.3) is 0 Å². The first-order valence-electron chi connectivity index (χ1n) is 10.9. The highest BCUT2D eigenvalue weighted by atomic mass is 16.4. The molecule has 28 heavy (non-hydrogen) atoms. The van der Waals surface area contributed by atoms with Gasteiger partial charge in [0.2, 0.25) is 0 Å². The molecule has 0 aromatic heterocycles. The molecule has 2 unspecified atom stereocenters. The van der Waals surface area contributed by atoms with Gasteiger partial charge in [-0.15, -0.1) is 0 Å². The molecule has 0 heterocycles. The molecule has 0 spiro atoms. The van der Waals surface area contributed by atoms with Gasteiger partial charge in [-0.3, -0.25) is 4.48 Å². The first-order valence-corrected chi connectivity index (χ1v) is 10.9. The van der Waals surface area contributed by atoms with Crippen LogP contribution in [0.15, 0.2) is 23.9 Å². The van der Waals surface area contributed by atoms with Gasteiger partial charge in [0.05, 0.1) is 6.61 Å². The van der Waals surface area contributed by atoms with Crippen molar-refractivity contribution in [3.63, 3.8) is 0 Å². The van der Waals surface area contributed by atoms with E-state index in [-0.39, 0.29) is 29.2 Å². The molecule has 0 amide bonds. The number of carboxylic acid groups (broad SMARTS) is 1. The molecule has 0 aromatic carbocycles. The van der Waals surface area contributed by atoms with Crippen molar-refractivity contribution >= 4 is 5.97 Å². The maximum atomic E-state index is 11.9. The van der Waals surface area contributed by atoms with E-state index < -0.39 is 12.0 Å². The maximum absolute atomic E-state index is 11.9. The van der Waals surface area contributed by atoms with Gasteiger partial charge in [0.1, 0.15) is 30.5 Å². The molecule has 0 aliphatic heterocycles. The summed E-state index contributed by atoms with van der Waals surface area (Å²) in [5, 5.41) is 40.3. The summed E-state index contributed by atoms with van der Waals surface area (Å²) in [6, 6.07) is -0.886. The highest BCUT2D eigenvalue weighted by Crippen LogP contribution is 2.25. The number of unbranched alkanes of at least 4 members (excludes halogenated alkanes) is 6. The average Bonchev–Trinajstić information content (AvgIpc) is 2.62. The number of quaternary nitrogens is 1. The van der Waals surface area contributed by atoms with E-state index in [1.54, 1.807) is 6.92 Å². The summed E-state index contributed by atoms with van der Waals surface area (Å²) >= 11 is 0. The third-order valence-corrected chi connectivity index (χ3v) is 5.09. The largest absolute Gasteiger partial charge is 0.507 e. The quantitative estimate of drug-likeness (QED) is 0.149. The predicted octanol–water partition coefficient (Wildman–Crippen LogP) is 5.40. The third kappa shape index (κ3) is 10.1. The number of hydrogen-bond donors (Lipinski definition) is 4. The summed E-state index contributed by atoms with van der Waals surface area (Å²) in [4.78, 5) is 11.9. The summed E-state index contributed by atoms with van der Waals surface area (Å²) in [7, 11) is 0. The molecule has 6 nitrogen and oxygen atoms in total. The maximum Gasteiger partial charge on any atom is 0.363 e. The van der Waals surface area contributed by atoms with E-state index >= 15 is 0 Å². The van der Waals surface area contributed by atoms with Crippen molar-refractivity contribution < 1.29 is 29.7 Å². The van der Waals surface area contributed by atoms with Gasteiger partial charge in [0, 0.05) is 19.3 Å². The lowest BCUT2D eigenvalue weighted by Crippen LogP contribution is -2.53. The number of carboxylic acids is 1. The minimum Gasteiger partial charge on any atom is -0.507 e. The van der Waals surface area contributed by atoms with E-state index in [4.69, 9.17) is 0 Å². The smallest absolute Gasteiger partial charge is 0.363 e. The molecule has 0 aliphatic rings. The summed E-state index contributed by atoms with van der Waals surface area (Å²) in [6.45, 7) is 5.84. The molecular weight excluding hydrogens is 358 g/mol. The van der Waals surface area contributed by atoms with Crippen LogP contribution in [0.3, 0.4) is 0 Å². The van der Waals surface area contributed by atoms with Gasteiger partial charge in [-0.05, 0) is 12.8 Å². The molecule has 0 fully saturated rings. The molecule has 6 heteroatoms. The van der Waals surface area contributed by atoms with Crippen LogP contribution in [-0.2, 0) is 4.79 Å². The molecule has 0 rings (SSSR count). The van der Waals surface area contributed by atoms with Crippen molar-refractivity contribution in [2.75, 3.05) is 13.2 Å². The summed E-state index contributed by atoms with van der Waals surface area (Å²) in [5.74, 6) is -0.792. The zero-order chi connectivity index (χ0) is 21.4. The topological polar surface area (TPSA) is 98.0 Å². The second-order valence-corrected chi connectivity index (χ2v) is 7.57. The molecule has 0 saturated heterocycles.